The summed E-state index contributed by atoms with van der Waals surface area (Å²) in [5.74, 6) is -0.139. The first-order valence-corrected chi connectivity index (χ1v) is 8.91. The highest BCUT2D eigenvalue weighted by Crippen LogP contribution is 2.44. The fourth-order valence-electron chi connectivity index (χ4n) is 2.66. The number of carbonyl (C=O) groups excluding carboxylic acids is 1. The molecule has 0 spiro atoms. The second kappa shape index (κ2) is 5.46. The van der Waals surface area contributed by atoms with E-state index in [1.165, 1.54) is 12.1 Å². The number of hydrogen-bond donors (Lipinski definition) is 0. The Morgan fingerprint density at radius 2 is 1.59 bits per heavy atom. The lowest BCUT2D eigenvalue weighted by molar-refractivity contribution is -0.145. The Kier molecular flexibility index (Phi) is 4.26. The Bertz CT molecular complexity index is 669. The summed E-state index contributed by atoms with van der Waals surface area (Å²) in [6.07, 6.45) is 0.547. The molecule has 1 saturated carbocycles. The fourth-order valence-corrected chi connectivity index (χ4v) is 3.84. The lowest BCUT2D eigenvalue weighted by Gasteiger charge is -2.43. The monoisotopic (exact) mass is 324 g/mol. The van der Waals surface area contributed by atoms with Crippen molar-refractivity contribution in [3.63, 3.8) is 0 Å². The standard InChI is InChI=1S/C17H24O4S/c1-12-6-8-13(9-7-12)22(19,20)21-15-14(18)16(2,3)10-11-17(15,4)5/h6-9,15H,10-11H2,1-5H3/t15-/m0/s1. The van der Waals surface area contributed by atoms with Crippen molar-refractivity contribution in [1.82, 2.24) is 0 Å². The summed E-state index contributed by atoms with van der Waals surface area (Å²) < 4.78 is 30.4. The minimum absolute atomic E-state index is 0.0880. The van der Waals surface area contributed by atoms with Crippen LogP contribution in [-0.4, -0.2) is 20.3 Å². The van der Waals surface area contributed by atoms with Crippen molar-refractivity contribution >= 4 is 15.9 Å². The molecular formula is C17H24O4S. The van der Waals surface area contributed by atoms with E-state index < -0.39 is 27.1 Å². The quantitative estimate of drug-likeness (QED) is 0.799. The van der Waals surface area contributed by atoms with Crippen LogP contribution in [0.1, 0.15) is 46.1 Å². The largest absolute Gasteiger partial charge is 0.297 e. The van der Waals surface area contributed by atoms with Gasteiger partial charge in [-0.15, -0.1) is 0 Å². The fraction of sp³-hybridized carbons (Fsp3) is 0.588. The SMILES string of the molecule is Cc1ccc(S(=O)(=O)O[C@H]2C(=O)C(C)(C)CCC2(C)C)cc1. The molecular weight excluding hydrogens is 300 g/mol. The van der Waals surface area contributed by atoms with Crippen LogP contribution in [-0.2, 0) is 19.1 Å². The molecule has 1 fully saturated rings. The molecule has 0 amide bonds. The van der Waals surface area contributed by atoms with Gasteiger partial charge in [-0.1, -0.05) is 45.4 Å². The van der Waals surface area contributed by atoms with E-state index in [9.17, 15) is 13.2 Å². The van der Waals surface area contributed by atoms with E-state index in [0.29, 0.717) is 0 Å². The van der Waals surface area contributed by atoms with E-state index >= 15 is 0 Å². The molecule has 0 saturated heterocycles. The van der Waals surface area contributed by atoms with Crippen LogP contribution in [0.15, 0.2) is 29.2 Å². The molecule has 4 nitrogen and oxygen atoms in total. The molecule has 0 aromatic heterocycles. The van der Waals surface area contributed by atoms with E-state index in [0.717, 1.165) is 18.4 Å². The summed E-state index contributed by atoms with van der Waals surface area (Å²) in [5.41, 5.74) is -0.0814. The third-order valence-electron chi connectivity index (χ3n) is 4.54. The number of benzene rings is 1. The Morgan fingerprint density at radius 3 is 2.14 bits per heavy atom. The minimum atomic E-state index is -3.95. The average molecular weight is 324 g/mol. The molecule has 0 unspecified atom stereocenters. The van der Waals surface area contributed by atoms with Crippen LogP contribution in [0.3, 0.4) is 0 Å². The number of aryl methyl sites for hydroxylation is 1. The Balaban J connectivity index is 2.34. The molecule has 1 aromatic rings. The second-order valence-electron chi connectivity index (χ2n) is 7.48. The van der Waals surface area contributed by atoms with Crippen molar-refractivity contribution in [3.8, 4) is 0 Å². The van der Waals surface area contributed by atoms with E-state index in [1.54, 1.807) is 12.1 Å². The first kappa shape index (κ1) is 17.2. The topological polar surface area (TPSA) is 60.4 Å². The molecule has 0 N–H and O–H groups in total. The molecule has 5 heteroatoms. The smallest absolute Gasteiger partial charge is 0.296 e. The summed E-state index contributed by atoms with van der Waals surface area (Å²) >= 11 is 0. The van der Waals surface area contributed by atoms with Gasteiger partial charge < -0.3 is 0 Å². The van der Waals surface area contributed by atoms with Gasteiger partial charge in [-0.25, -0.2) is 0 Å². The minimum Gasteiger partial charge on any atom is -0.296 e. The third-order valence-corrected chi connectivity index (χ3v) is 5.84. The Morgan fingerprint density at radius 1 is 1.05 bits per heavy atom. The lowest BCUT2D eigenvalue weighted by atomic mass is 9.64. The van der Waals surface area contributed by atoms with Gasteiger partial charge in [0.25, 0.3) is 10.1 Å². The second-order valence-corrected chi connectivity index (χ2v) is 9.05. The molecule has 1 atom stereocenters. The normalized spacial score (nSPS) is 24.2. The third kappa shape index (κ3) is 3.25. The molecule has 22 heavy (non-hydrogen) atoms. The lowest BCUT2D eigenvalue weighted by Crippen LogP contribution is -2.50. The summed E-state index contributed by atoms with van der Waals surface area (Å²) in [7, 11) is -3.95. The van der Waals surface area contributed by atoms with Crippen LogP contribution in [0.2, 0.25) is 0 Å². The van der Waals surface area contributed by atoms with Crippen LogP contribution in [0, 0.1) is 17.8 Å². The maximum absolute atomic E-state index is 12.6. The Hall–Kier alpha value is -1.20. The average Bonchev–Trinajstić information content (AvgIpc) is 2.41. The van der Waals surface area contributed by atoms with Crippen LogP contribution < -0.4 is 0 Å². The van der Waals surface area contributed by atoms with Gasteiger partial charge >= 0.3 is 0 Å². The van der Waals surface area contributed by atoms with Gasteiger partial charge in [-0.2, -0.15) is 8.42 Å². The predicted molar refractivity (Wildman–Crippen MR) is 85.0 cm³/mol. The van der Waals surface area contributed by atoms with Gasteiger partial charge in [0.2, 0.25) is 0 Å². The van der Waals surface area contributed by atoms with Crippen LogP contribution in [0.5, 0.6) is 0 Å². The summed E-state index contributed by atoms with van der Waals surface area (Å²) in [6, 6.07) is 6.45. The molecule has 0 aliphatic heterocycles. The van der Waals surface area contributed by atoms with Crippen molar-refractivity contribution < 1.29 is 17.4 Å². The van der Waals surface area contributed by atoms with Gasteiger partial charge in [0.05, 0.1) is 4.90 Å². The van der Waals surface area contributed by atoms with E-state index in [4.69, 9.17) is 4.18 Å². The van der Waals surface area contributed by atoms with Crippen molar-refractivity contribution in [2.75, 3.05) is 0 Å². The van der Waals surface area contributed by atoms with Gasteiger partial charge in [0.1, 0.15) is 6.10 Å². The first-order chi connectivity index (χ1) is 9.96. The van der Waals surface area contributed by atoms with Crippen molar-refractivity contribution in [3.05, 3.63) is 29.8 Å². The number of rotatable bonds is 3. The first-order valence-electron chi connectivity index (χ1n) is 7.50. The molecule has 1 aliphatic rings. The van der Waals surface area contributed by atoms with Crippen LogP contribution in [0.4, 0.5) is 0 Å². The van der Waals surface area contributed by atoms with Crippen molar-refractivity contribution in [2.24, 2.45) is 10.8 Å². The molecule has 2 rings (SSSR count). The molecule has 1 aliphatic carbocycles. The molecule has 0 bridgehead atoms. The summed E-state index contributed by atoms with van der Waals surface area (Å²) in [5, 5.41) is 0. The Labute approximate surface area is 133 Å². The molecule has 1 aromatic carbocycles. The zero-order valence-electron chi connectivity index (χ0n) is 13.8. The highest BCUT2D eigenvalue weighted by Gasteiger charge is 2.49. The maximum Gasteiger partial charge on any atom is 0.297 e. The number of ketones is 1. The zero-order chi connectivity index (χ0) is 16.8. The number of carbonyl (C=O) groups is 1. The summed E-state index contributed by atoms with van der Waals surface area (Å²) in [6.45, 7) is 9.34. The van der Waals surface area contributed by atoms with Crippen molar-refractivity contribution in [1.29, 1.82) is 0 Å². The van der Waals surface area contributed by atoms with Gasteiger partial charge in [-0.05, 0) is 37.3 Å². The highest BCUT2D eigenvalue weighted by molar-refractivity contribution is 7.86. The van der Waals surface area contributed by atoms with E-state index in [1.807, 2.05) is 34.6 Å². The van der Waals surface area contributed by atoms with Crippen LogP contribution in [0.25, 0.3) is 0 Å². The molecule has 122 valence electrons. The van der Waals surface area contributed by atoms with Gasteiger partial charge in [0.15, 0.2) is 5.78 Å². The maximum atomic E-state index is 12.6. The molecule has 0 heterocycles. The highest BCUT2D eigenvalue weighted by atomic mass is 32.2. The number of Topliss-reactive ketones (excluding diaryl/α,β-unsaturated/α-hetero) is 1. The zero-order valence-corrected chi connectivity index (χ0v) is 14.7. The van der Waals surface area contributed by atoms with Crippen molar-refractivity contribution in [2.45, 2.75) is 58.5 Å². The van der Waals surface area contributed by atoms with Gasteiger partial charge in [-0.3, -0.25) is 8.98 Å². The summed E-state index contributed by atoms with van der Waals surface area (Å²) in [4.78, 5) is 12.7. The van der Waals surface area contributed by atoms with E-state index in [-0.39, 0.29) is 10.7 Å². The van der Waals surface area contributed by atoms with Gasteiger partial charge in [0, 0.05) is 5.41 Å². The predicted octanol–water partition coefficient (Wildman–Crippen LogP) is 3.48. The molecule has 0 radical (unpaired) electrons. The van der Waals surface area contributed by atoms with Crippen LogP contribution >= 0.6 is 0 Å². The number of hydrogen-bond acceptors (Lipinski definition) is 4. The van der Waals surface area contributed by atoms with E-state index in [2.05, 4.69) is 0 Å².